The maximum Gasteiger partial charge on any atom is 0.241 e. The molecule has 0 unspecified atom stereocenters. The number of nitrogens with one attached hydrogen (secondary N) is 1. The van der Waals surface area contributed by atoms with E-state index in [-0.39, 0.29) is 30.4 Å². The van der Waals surface area contributed by atoms with E-state index >= 15 is 0 Å². The second kappa shape index (κ2) is 11.3. The van der Waals surface area contributed by atoms with Crippen molar-refractivity contribution < 1.29 is 23.8 Å². The van der Waals surface area contributed by atoms with Crippen LogP contribution in [-0.4, -0.2) is 102 Å². The van der Waals surface area contributed by atoms with Crippen molar-refractivity contribution in [2.75, 3.05) is 44.3 Å². The summed E-state index contributed by atoms with van der Waals surface area (Å²) < 4.78 is 25.3. The van der Waals surface area contributed by atoms with E-state index in [2.05, 4.69) is 33.9 Å². The van der Waals surface area contributed by atoms with Gasteiger partial charge < -0.3 is 24.8 Å². The summed E-state index contributed by atoms with van der Waals surface area (Å²) in [6.07, 6.45) is 1.93. The lowest BCUT2D eigenvalue weighted by atomic mass is 10.0. The quantitative estimate of drug-likeness (QED) is 0.538. The number of benzene rings is 1. The number of pyridine rings is 1. The number of carbonyl (C=O) groups is 1. The molecule has 9 nitrogen and oxygen atoms in total. The zero-order chi connectivity index (χ0) is 28.0. The molecular formula is C30H40FN5O4. The van der Waals surface area contributed by atoms with Crippen LogP contribution in [0.2, 0.25) is 0 Å². The highest BCUT2D eigenvalue weighted by Crippen LogP contribution is 2.38. The fraction of sp³-hybridized carbons (Fsp3) is 0.600. The number of piperazine rings is 1. The van der Waals surface area contributed by atoms with Crippen LogP contribution >= 0.6 is 0 Å². The van der Waals surface area contributed by atoms with Gasteiger partial charge in [-0.05, 0) is 62.9 Å². The molecule has 1 aliphatic carbocycles. The van der Waals surface area contributed by atoms with Crippen molar-refractivity contribution in [2.24, 2.45) is 0 Å². The van der Waals surface area contributed by atoms with Crippen LogP contribution in [0.25, 0.3) is 0 Å². The Bertz CT molecular complexity index is 1230. The summed E-state index contributed by atoms with van der Waals surface area (Å²) in [5.41, 5.74) is 2.81. The minimum Gasteiger partial charge on any atom is -0.474 e. The standard InChI is InChI=1S/C30H40FN5O4/c1-18-12-34(24(11-32-18)13-35-19(2)16-39-28-10-26(28)35)14-29(38)36-20(3)17-40-30-27(36)9-22(25(15-37)33-30)8-21-4-6-23(31)7-5-21/h4-7,9,18-20,24,26,28,32,37H,8,10-17H2,1-3H3/t18-,19-,20+,24-,26-,28-/m1/s1. The number of morpholine rings is 1. The molecule has 3 aliphatic heterocycles. The molecule has 1 saturated carbocycles. The van der Waals surface area contributed by atoms with E-state index in [1.165, 1.54) is 12.1 Å². The molecule has 2 saturated heterocycles. The van der Waals surface area contributed by atoms with Crippen LogP contribution in [0.5, 0.6) is 5.88 Å². The first kappa shape index (κ1) is 27.5. The van der Waals surface area contributed by atoms with Gasteiger partial charge in [-0.25, -0.2) is 9.37 Å². The van der Waals surface area contributed by atoms with Gasteiger partial charge >= 0.3 is 0 Å². The van der Waals surface area contributed by atoms with E-state index in [1.54, 1.807) is 12.1 Å². The molecule has 6 rings (SSSR count). The maximum atomic E-state index is 14.0. The number of aliphatic hydroxyl groups excluding tert-OH is 1. The number of aliphatic hydroxyl groups is 1. The normalized spacial score (nSPS) is 30.4. The number of ether oxygens (including phenoxy) is 2. The van der Waals surface area contributed by atoms with Gasteiger partial charge in [0.1, 0.15) is 18.1 Å². The number of nitrogens with zero attached hydrogens (tertiary/aromatic N) is 4. The monoisotopic (exact) mass is 553 g/mol. The Labute approximate surface area is 235 Å². The van der Waals surface area contributed by atoms with Gasteiger partial charge in [0, 0.05) is 43.8 Å². The summed E-state index contributed by atoms with van der Waals surface area (Å²) in [4.78, 5) is 25.4. The van der Waals surface area contributed by atoms with Crippen LogP contribution in [-0.2, 0) is 22.6 Å². The number of rotatable bonds is 7. The largest absolute Gasteiger partial charge is 0.474 e. The maximum absolute atomic E-state index is 14.0. The van der Waals surface area contributed by atoms with Gasteiger partial charge in [-0.3, -0.25) is 14.6 Å². The molecule has 3 fully saturated rings. The third-order valence-electron chi connectivity index (χ3n) is 8.76. The SMILES string of the molecule is C[C@@H]1CN(CC(=O)N2c3cc(Cc4ccc(F)cc4)c(CO)nc3OC[C@@H]2C)[C@@H](CN2[C@H](C)CO[C@@H]3C[C@H]32)CN1. The van der Waals surface area contributed by atoms with E-state index in [0.717, 1.165) is 43.8 Å². The molecule has 1 amide bonds. The number of carbonyl (C=O) groups excluding carboxylic acids is 1. The molecule has 6 atom stereocenters. The first-order valence-corrected chi connectivity index (χ1v) is 14.5. The summed E-state index contributed by atoms with van der Waals surface area (Å²) in [5.74, 6) is 0.0847. The third-order valence-corrected chi connectivity index (χ3v) is 8.76. The Morgan fingerprint density at radius 2 is 1.98 bits per heavy atom. The third kappa shape index (κ3) is 5.60. The Morgan fingerprint density at radius 1 is 1.18 bits per heavy atom. The van der Waals surface area contributed by atoms with E-state index in [9.17, 15) is 14.3 Å². The van der Waals surface area contributed by atoms with Crippen molar-refractivity contribution in [3.8, 4) is 5.88 Å². The second-order valence-corrected chi connectivity index (χ2v) is 11.9. The minimum atomic E-state index is -0.297. The van der Waals surface area contributed by atoms with Crippen LogP contribution in [0.15, 0.2) is 30.3 Å². The number of amides is 1. The Balaban J connectivity index is 1.23. The number of fused-ring (bicyclic) bond motifs is 2. The molecule has 0 bridgehead atoms. The Morgan fingerprint density at radius 3 is 2.75 bits per heavy atom. The van der Waals surface area contributed by atoms with Crippen LogP contribution in [0, 0.1) is 5.82 Å². The van der Waals surface area contributed by atoms with Crippen molar-refractivity contribution in [3.63, 3.8) is 0 Å². The molecule has 1 aromatic heterocycles. The van der Waals surface area contributed by atoms with Gasteiger partial charge in [0.25, 0.3) is 0 Å². The lowest BCUT2D eigenvalue weighted by Crippen LogP contribution is -2.62. The van der Waals surface area contributed by atoms with Gasteiger partial charge in [0.05, 0.1) is 37.6 Å². The molecule has 10 heteroatoms. The van der Waals surface area contributed by atoms with Crippen molar-refractivity contribution in [1.29, 1.82) is 0 Å². The predicted molar refractivity (Wildman–Crippen MR) is 149 cm³/mol. The molecule has 0 spiro atoms. The highest BCUT2D eigenvalue weighted by atomic mass is 19.1. The minimum absolute atomic E-state index is 0.0155. The lowest BCUT2D eigenvalue weighted by Gasteiger charge is -2.44. The second-order valence-electron chi connectivity index (χ2n) is 11.9. The molecule has 4 heterocycles. The summed E-state index contributed by atoms with van der Waals surface area (Å²) in [6.45, 7) is 10.1. The molecule has 2 N–H and O–H groups in total. The summed E-state index contributed by atoms with van der Waals surface area (Å²) in [6, 6.07) is 9.44. The average molecular weight is 554 g/mol. The Kier molecular flexibility index (Phi) is 7.80. The molecule has 40 heavy (non-hydrogen) atoms. The van der Waals surface area contributed by atoms with Crippen molar-refractivity contribution in [3.05, 3.63) is 53.0 Å². The predicted octanol–water partition coefficient (Wildman–Crippen LogP) is 1.94. The summed E-state index contributed by atoms with van der Waals surface area (Å²) in [5, 5.41) is 13.6. The van der Waals surface area contributed by atoms with E-state index in [4.69, 9.17) is 9.47 Å². The van der Waals surface area contributed by atoms with E-state index < -0.39 is 0 Å². The molecular weight excluding hydrogens is 513 g/mol. The van der Waals surface area contributed by atoms with Gasteiger partial charge in [-0.2, -0.15) is 0 Å². The molecule has 0 radical (unpaired) electrons. The number of hydrogen-bond donors (Lipinski definition) is 2. The lowest BCUT2D eigenvalue weighted by molar-refractivity contribution is -0.121. The van der Waals surface area contributed by atoms with Crippen LogP contribution in [0.4, 0.5) is 10.1 Å². The fourth-order valence-electron chi connectivity index (χ4n) is 6.43. The smallest absolute Gasteiger partial charge is 0.241 e. The number of anilines is 1. The fourth-order valence-corrected chi connectivity index (χ4v) is 6.43. The highest BCUT2D eigenvalue weighted by molar-refractivity contribution is 5.97. The van der Waals surface area contributed by atoms with Gasteiger partial charge in [0.15, 0.2) is 0 Å². The summed E-state index contributed by atoms with van der Waals surface area (Å²) >= 11 is 0. The number of halogens is 1. The van der Waals surface area contributed by atoms with Crippen molar-refractivity contribution >= 4 is 11.6 Å². The van der Waals surface area contributed by atoms with Crippen molar-refractivity contribution in [2.45, 2.75) is 76.5 Å². The van der Waals surface area contributed by atoms with Gasteiger partial charge in [0.2, 0.25) is 11.8 Å². The summed E-state index contributed by atoms with van der Waals surface area (Å²) in [7, 11) is 0. The molecule has 216 valence electrons. The first-order chi connectivity index (χ1) is 19.3. The average Bonchev–Trinajstić information content (AvgIpc) is 3.72. The molecule has 1 aromatic carbocycles. The zero-order valence-corrected chi connectivity index (χ0v) is 23.6. The molecule has 2 aromatic rings. The van der Waals surface area contributed by atoms with E-state index in [1.807, 2.05) is 17.9 Å². The Hall–Kier alpha value is -2.63. The van der Waals surface area contributed by atoms with Crippen molar-refractivity contribution in [1.82, 2.24) is 20.1 Å². The first-order valence-electron chi connectivity index (χ1n) is 14.5. The van der Waals surface area contributed by atoms with Gasteiger partial charge in [-0.1, -0.05) is 12.1 Å². The van der Waals surface area contributed by atoms with Crippen LogP contribution in [0.1, 0.15) is 44.0 Å². The van der Waals surface area contributed by atoms with Crippen LogP contribution in [0.3, 0.4) is 0 Å². The zero-order valence-electron chi connectivity index (χ0n) is 23.6. The highest BCUT2D eigenvalue weighted by Gasteiger charge is 2.49. The topological polar surface area (TPSA) is 90.4 Å². The molecule has 4 aliphatic rings. The van der Waals surface area contributed by atoms with E-state index in [0.29, 0.717) is 61.1 Å². The van der Waals surface area contributed by atoms with Crippen LogP contribution < -0.4 is 15.0 Å². The van der Waals surface area contributed by atoms with Gasteiger partial charge in [-0.15, -0.1) is 0 Å². The number of aromatic nitrogens is 1. The number of hydrogen-bond acceptors (Lipinski definition) is 8.